The van der Waals surface area contributed by atoms with Crippen molar-refractivity contribution in [3.63, 3.8) is 0 Å². The first kappa shape index (κ1) is 8.30. The summed E-state index contributed by atoms with van der Waals surface area (Å²) in [6.45, 7) is 4.84. The minimum absolute atomic E-state index is 0.134. The monoisotopic (exact) mass is 175 g/mol. The Hall–Kier alpha value is -1.31. The molecule has 1 heterocycles. The summed E-state index contributed by atoms with van der Waals surface area (Å²) in [5.74, 6) is 0.769. The largest absolute Gasteiger partial charge is 0.469 e. The number of nitrogens with zero attached hydrogens (tertiary/aromatic N) is 1. The van der Waals surface area contributed by atoms with Crippen molar-refractivity contribution in [3.05, 3.63) is 35.9 Å². The van der Waals surface area contributed by atoms with Crippen LogP contribution >= 0.6 is 0 Å². The molecule has 1 aromatic rings. The van der Waals surface area contributed by atoms with Gasteiger partial charge in [-0.25, -0.2) is 4.99 Å². The van der Waals surface area contributed by atoms with E-state index in [1.54, 1.807) is 0 Å². The second-order valence-electron chi connectivity index (χ2n) is 3.85. The standard InChI is InChI=1S/C11H13NO/c1-11(2)8-12-10(13-11)9-6-4-3-5-7-9/h3-7H,8H2,1-2H3. The molecular formula is C11H13NO. The van der Waals surface area contributed by atoms with E-state index in [0.717, 1.165) is 18.0 Å². The summed E-state index contributed by atoms with van der Waals surface area (Å²) in [4.78, 5) is 4.35. The molecular weight excluding hydrogens is 162 g/mol. The molecule has 0 saturated heterocycles. The average Bonchev–Trinajstić information content (AvgIpc) is 2.48. The van der Waals surface area contributed by atoms with Crippen LogP contribution in [0.3, 0.4) is 0 Å². The second kappa shape index (κ2) is 2.87. The van der Waals surface area contributed by atoms with Crippen molar-refractivity contribution >= 4 is 5.90 Å². The van der Waals surface area contributed by atoms with Crippen molar-refractivity contribution < 1.29 is 4.74 Å². The van der Waals surface area contributed by atoms with Crippen LogP contribution in [0.25, 0.3) is 0 Å². The highest BCUT2D eigenvalue weighted by atomic mass is 16.5. The van der Waals surface area contributed by atoms with Crippen LogP contribution in [0.4, 0.5) is 0 Å². The summed E-state index contributed by atoms with van der Waals surface area (Å²) in [6, 6.07) is 10.0. The van der Waals surface area contributed by atoms with Gasteiger partial charge in [-0.2, -0.15) is 0 Å². The maximum atomic E-state index is 5.68. The van der Waals surface area contributed by atoms with E-state index >= 15 is 0 Å². The van der Waals surface area contributed by atoms with Gasteiger partial charge in [-0.05, 0) is 26.0 Å². The van der Waals surface area contributed by atoms with Gasteiger partial charge in [-0.15, -0.1) is 0 Å². The zero-order valence-corrected chi connectivity index (χ0v) is 7.95. The van der Waals surface area contributed by atoms with Crippen molar-refractivity contribution in [2.24, 2.45) is 4.99 Å². The number of ether oxygens (including phenoxy) is 1. The van der Waals surface area contributed by atoms with Crippen LogP contribution in [0.1, 0.15) is 19.4 Å². The minimum Gasteiger partial charge on any atom is -0.469 e. The number of hydrogen-bond acceptors (Lipinski definition) is 2. The van der Waals surface area contributed by atoms with E-state index in [0.29, 0.717) is 0 Å². The van der Waals surface area contributed by atoms with Gasteiger partial charge in [0, 0.05) is 5.56 Å². The van der Waals surface area contributed by atoms with Crippen molar-refractivity contribution in [2.45, 2.75) is 19.4 Å². The summed E-state index contributed by atoms with van der Waals surface area (Å²) in [5.41, 5.74) is 0.929. The Labute approximate surface area is 78.3 Å². The Morgan fingerprint density at radius 1 is 1.23 bits per heavy atom. The maximum absolute atomic E-state index is 5.68. The van der Waals surface area contributed by atoms with Crippen molar-refractivity contribution in [3.8, 4) is 0 Å². The predicted molar refractivity (Wildman–Crippen MR) is 53.0 cm³/mol. The lowest BCUT2D eigenvalue weighted by molar-refractivity contribution is 0.131. The lowest BCUT2D eigenvalue weighted by Gasteiger charge is -2.17. The quantitative estimate of drug-likeness (QED) is 0.641. The lowest BCUT2D eigenvalue weighted by atomic mass is 10.1. The van der Waals surface area contributed by atoms with Crippen LogP contribution in [0.5, 0.6) is 0 Å². The van der Waals surface area contributed by atoms with Crippen LogP contribution in [0.2, 0.25) is 0 Å². The Morgan fingerprint density at radius 3 is 2.46 bits per heavy atom. The molecule has 2 heteroatoms. The molecule has 0 atom stereocenters. The zero-order chi connectivity index (χ0) is 9.31. The molecule has 0 aromatic heterocycles. The van der Waals surface area contributed by atoms with Crippen LogP contribution in [-0.2, 0) is 4.74 Å². The molecule has 2 nitrogen and oxygen atoms in total. The molecule has 0 spiro atoms. The molecule has 1 aliphatic heterocycles. The Morgan fingerprint density at radius 2 is 1.92 bits per heavy atom. The van der Waals surface area contributed by atoms with Crippen LogP contribution < -0.4 is 0 Å². The predicted octanol–water partition coefficient (Wildman–Crippen LogP) is 2.24. The van der Waals surface area contributed by atoms with E-state index < -0.39 is 0 Å². The van der Waals surface area contributed by atoms with E-state index in [9.17, 15) is 0 Å². The molecule has 0 bridgehead atoms. The molecule has 2 rings (SSSR count). The van der Waals surface area contributed by atoms with Crippen molar-refractivity contribution in [2.75, 3.05) is 6.54 Å². The molecule has 0 saturated carbocycles. The van der Waals surface area contributed by atoms with Crippen LogP contribution in [0.15, 0.2) is 35.3 Å². The third kappa shape index (κ3) is 1.72. The Kier molecular flexibility index (Phi) is 1.83. The highest BCUT2D eigenvalue weighted by Gasteiger charge is 2.27. The van der Waals surface area contributed by atoms with E-state index in [1.165, 1.54) is 0 Å². The molecule has 68 valence electrons. The van der Waals surface area contributed by atoms with Gasteiger partial charge in [0.25, 0.3) is 0 Å². The maximum Gasteiger partial charge on any atom is 0.216 e. The first-order valence-electron chi connectivity index (χ1n) is 4.46. The Bertz CT molecular complexity index is 327. The van der Waals surface area contributed by atoms with E-state index in [4.69, 9.17) is 4.74 Å². The van der Waals surface area contributed by atoms with Crippen LogP contribution in [0, 0.1) is 0 Å². The molecule has 0 unspecified atom stereocenters. The SMILES string of the molecule is CC1(C)CN=C(c2ccccc2)O1. The second-order valence-corrected chi connectivity index (χ2v) is 3.85. The van der Waals surface area contributed by atoms with Gasteiger partial charge in [0.1, 0.15) is 5.60 Å². The highest BCUT2D eigenvalue weighted by molar-refractivity contribution is 5.95. The van der Waals surface area contributed by atoms with Crippen molar-refractivity contribution in [1.82, 2.24) is 0 Å². The first-order chi connectivity index (χ1) is 6.17. The molecule has 0 radical (unpaired) electrons. The van der Waals surface area contributed by atoms with Gasteiger partial charge in [0.05, 0.1) is 6.54 Å². The molecule has 0 amide bonds. The van der Waals surface area contributed by atoms with Gasteiger partial charge in [-0.1, -0.05) is 18.2 Å². The molecule has 0 aliphatic carbocycles. The normalized spacial score (nSPS) is 19.4. The molecule has 1 aliphatic rings. The van der Waals surface area contributed by atoms with Crippen LogP contribution in [-0.4, -0.2) is 18.0 Å². The summed E-state index contributed by atoms with van der Waals surface area (Å²) >= 11 is 0. The molecule has 0 N–H and O–H groups in total. The highest BCUT2D eigenvalue weighted by Crippen LogP contribution is 2.20. The summed E-state index contributed by atoms with van der Waals surface area (Å²) in [6.07, 6.45) is 0. The third-order valence-electron chi connectivity index (χ3n) is 2.00. The smallest absolute Gasteiger partial charge is 0.216 e. The zero-order valence-electron chi connectivity index (χ0n) is 7.95. The molecule has 1 aromatic carbocycles. The first-order valence-corrected chi connectivity index (χ1v) is 4.46. The number of rotatable bonds is 1. The summed E-state index contributed by atoms with van der Waals surface area (Å²) in [5, 5.41) is 0. The van der Waals surface area contributed by atoms with Gasteiger partial charge in [0.2, 0.25) is 5.90 Å². The average molecular weight is 175 g/mol. The van der Waals surface area contributed by atoms with Crippen molar-refractivity contribution in [1.29, 1.82) is 0 Å². The third-order valence-corrected chi connectivity index (χ3v) is 2.00. The number of aliphatic imine (C=N–C) groups is 1. The fourth-order valence-corrected chi connectivity index (χ4v) is 1.32. The van der Waals surface area contributed by atoms with Gasteiger partial charge >= 0.3 is 0 Å². The minimum atomic E-state index is -0.134. The Balaban J connectivity index is 2.22. The van der Waals surface area contributed by atoms with E-state index in [2.05, 4.69) is 4.99 Å². The van der Waals surface area contributed by atoms with E-state index in [1.807, 2.05) is 44.2 Å². The lowest BCUT2D eigenvalue weighted by Crippen LogP contribution is -2.24. The van der Waals surface area contributed by atoms with E-state index in [-0.39, 0.29) is 5.60 Å². The number of benzene rings is 1. The topological polar surface area (TPSA) is 21.6 Å². The fraction of sp³-hybridized carbons (Fsp3) is 0.364. The summed E-state index contributed by atoms with van der Waals surface area (Å²) < 4.78 is 5.68. The van der Waals surface area contributed by atoms with Gasteiger partial charge < -0.3 is 4.74 Å². The molecule has 0 fully saturated rings. The fourth-order valence-electron chi connectivity index (χ4n) is 1.32. The van der Waals surface area contributed by atoms with Gasteiger partial charge in [-0.3, -0.25) is 0 Å². The van der Waals surface area contributed by atoms with Gasteiger partial charge in [0.15, 0.2) is 0 Å². The summed E-state index contributed by atoms with van der Waals surface area (Å²) in [7, 11) is 0. The number of hydrogen-bond donors (Lipinski definition) is 0. The molecule has 13 heavy (non-hydrogen) atoms.